The van der Waals surface area contributed by atoms with E-state index in [1.54, 1.807) is 42.6 Å². The van der Waals surface area contributed by atoms with Gasteiger partial charge in [0.1, 0.15) is 5.75 Å². The fourth-order valence-electron chi connectivity index (χ4n) is 3.49. The molecule has 4 rings (SSSR count). The number of benzene rings is 2. The van der Waals surface area contributed by atoms with Crippen molar-refractivity contribution in [2.24, 2.45) is 4.99 Å². The number of nitrogens with zero attached hydrogens (tertiary/aromatic N) is 4. The number of pyridine rings is 1. The van der Waals surface area contributed by atoms with Crippen LogP contribution < -0.4 is 21.7 Å². The highest BCUT2D eigenvalue weighted by Gasteiger charge is 2.11. The average molecular weight is 488 g/mol. The first-order chi connectivity index (χ1) is 17.4. The summed E-state index contributed by atoms with van der Waals surface area (Å²) in [5, 5.41) is 8.91. The molecule has 0 saturated heterocycles. The third-order valence-electron chi connectivity index (χ3n) is 5.35. The van der Waals surface area contributed by atoms with Crippen LogP contribution in [0.3, 0.4) is 0 Å². The lowest BCUT2D eigenvalue weighted by atomic mass is 10.1. The molecule has 0 fully saturated rings. The van der Waals surface area contributed by atoms with E-state index >= 15 is 0 Å². The van der Waals surface area contributed by atoms with Gasteiger partial charge in [0.2, 0.25) is 11.5 Å². The minimum absolute atomic E-state index is 0.0196. The first-order valence-electron chi connectivity index (χ1n) is 11.3. The molecule has 0 aliphatic carbocycles. The van der Waals surface area contributed by atoms with Gasteiger partial charge in [0, 0.05) is 25.2 Å². The average Bonchev–Trinajstić information content (AvgIpc) is 2.86. The van der Waals surface area contributed by atoms with Crippen LogP contribution in [0.15, 0.2) is 87.5 Å². The van der Waals surface area contributed by atoms with Crippen LogP contribution in [-0.4, -0.2) is 30.2 Å². The van der Waals surface area contributed by atoms with E-state index in [-0.39, 0.29) is 31.5 Å². The molecule has 10 heteroatoms. The summed E-state index contributed by atoms with van der Waals surface area (Å²) >= 11 is 0. The highest BCUT2D eigenvalue weighted by atomic mass is 16.5. The van der Waals surface area contributed by atoms with Crippen molar-refractivity contribution in [1.29, 1.82) is 0 Å². The molecule has 10 nitrogen and oxygen atoms in total. The Hall–Kier alpha value is -4.73. The number of nitrogens with one attached hydrogen (secondary N) is 1. The number of H-pyrrole nitrogens is 1. The Kier molecular flexibility index (Phi) is 7.54. The van der Waals surface area contributed by atoms with E-state index in [1.807, 2.05) is 37.3 Å². The molecular formula is C26H25N5O5. The molecule has 2 aromatic heterocycles. The van der Waals surface area contributed by atoms with Gasteiger partial charge in [-0.05, 0) is 49.2 Å². The van der Waals surface area contributed by atoms with E-state index in [9.17, 15) is 14.4 Å². The Labute approximate surface area is 205 Å². The molecule has 0 unspecified atom stereocenters. The highest BCUT2D eigenvalue weighted by Crippen LogP contribution is 2.22. The summed E-state index contributed by atoms with van der Waals surface area (Å²) in [7, 11) is 0. The Morgan fingerprint density at radius 1 is 1.03 bits per heavy atom. The number of carboxylic acid groups (broad SMARTS) is 1. The molecule has 36 heavy (non-hydrogen) atoms. The minimum Gasteiger partial charge on any atom is -0.481 e. The third-order valence-corrected chi connectivity index (χ3v) is 5.35. The predicted molar refractivity (Wildman–Crippen MR) is 132 cm³/mol. The number of carbonyl (C=O) groups is 1. The number of carboxylic acids is 1. The summed E-state index contributed by atoms with van der Waals surface area (Å²) in [4.78, 5) is 48.1. The fraction of sp³-hybridized carbons (Fsp3) is 0.192. The van der Waals surface area contributed by atoms with Crippen LogP contribution in [0, 0.1) is 6.92 Å². The molecule has 184 valence electrons. The molecule has 0 saturated carbocycles. The monoisotopic (exact) mass is 487 g/mol. The molecule has 4 aromatic rings. The number of ether oxygens (including phenoxy) is 1. The molecule has 2 N–H and O–H groups in total. The molecule has 0 radical (unpaired) electrons. The largest absolute Gasteiger partial charge is 0.481 e. The van der Waals surface area contributed by atoms with E-state index in [1.165, 1.54) is 4.57 Å². The predicted octanol–water partition coefficient (Wildman–Crippen LogP) is 2.98. The standard InChI is InChI=1S/C26H25N5O5/c1-18-7-9-19(10-8-18)17-31-24(29-25(34)30(26(31)35)16-4-6-23(32)33)28-20-11-13-21(14-12-20)36-22-5-2-3-15-27-22/h2-3,5,7-15H,4,6,16-17H2,1H3,(H,32,33)(H,28,29,34). The molecule has 0 atom stereocenters. The van der Waals surface area contributed by atoms with Crippen molar-refractivity contribution >= 4 is 11.7 Å². The van der Waals surface area contributed by atoms with E-state index in [2.05, 4.69) is 15.0 Å². The zero-order valence-corrected chi connectivity index (χ0v) is 19.6. The van der Waals surface area contributed by atoms with Gasteiger partial charge in [-0.1, -0.05) is 35.9 Å². The molecule has 2 heterocycles. The molecule has 0 aliphatic heterocycles. The summed E-state index contributed by atoms with van der Waals surface area (Å²) in [5.74, 6) is 0.0191. The van der Waals surface area contributed by atoms with Gasteiger partial charge in [-0.3, -0.25) is 14.3 Å². The number of aromatic amines is 1. The molecule has 0 bridgehead atoms. The van der Waals surface area contributed by atoms with Crippen molar-refractivity contribution in [3.8, 4) is 11.6 Å². The second-order valence-corrected chi connectivity index (χ2v) is 8.13. The zero-order chi connectivity index (χ0) is 25.5. The van der Waals surface area contributed by atoms with Gasteiger partial charge in [0.25, 0.3) is 0 Å². The normalized spacial score (nSPS) is 11.4. The number of hydrogen-bond donors (Lipinski definition) is 2. The van der Waals surface area contributed by atoms with Gasteiger partial charge >= 0.3 is 17.3 Å². The highest BCUT2D eigenvalue weighted by molar-refractivity contribution is 5.66. The maximum atomic E-state index is 13.3. The van der Waals surface area contributed by atoms with Gasteiger partial charge in [-0.25, -0.2) is 24.1 Å². The third kappa shape index (κ3) is 6.23. The number of rotatable bonds is 9. The van der Waals surface area contributed by atoms with Crippen LogP contribution in [0.1, 0.15) is 24.0 Å². The Morgan fingerprint density at radius 2 is 1.78 bits per heavy atom. The SMILES string of the molecule is Cc1ccc(Cn2c(=O)n(CCCC(=O)O)c(=O)[nH]/c2=N\c2ccc(Oc3ccccn3)cc2)cc1. The second kappa shape index (κ2) is 11.1. The lowest BCUT2D eigenvalue weighted by Gasteiger charge is -2.11. The Morgan fingerprint density at radius 3 is 2.44 bits per heavy atom. The van der Waals surface area contributed by atoms with Gasteiger partial charge in [-0.15, -0.1) is 0 Å². The summed E-state index contributed by atoms with van der Waals surface area (Å²) in [6.07, 6.45) is 1.63. The van der Waals surface area contributed by atoms with E-state index in [0.717, 1.165) is 15.7 Å². The number of aromatic nitrogens is 4. The van der Waals surface area contributed by atoms with Crippen LogP contribution >= 0.6 is 0 Å². The van der Waals surface area contributed by atoms with Crippen LogP contribution in [0.25, 0.3) is 0 Å². The number of aryl methyl sites for hydroxylation is 1. The Balaban J connectivity index is 1.71. The quantitative estimate of drug-likeness (QED) is 0.373. The molecular weight excluding hydrogens is 462 g/mol. The van der Waals surface area contributed by atoms with Crippen molar-refractivity contribution < 1.29 is 14.6 Å². The van der Waals surface area contributed by atoms with Crippen molar-refractivity contribution in [1.82, 2.24) is 19.1 Å². The first-order valence-corrected chi connectivity index (χ1v) is 11.3. The van der Waals surface area contributed by atoms with E-state index in [4.69, 9.17) is 9.84 Å². The summed E-state index contributed by atoms with van der Waals surface area (Å²) in [6.45, 7) is 2.12. The fourth-order valence-corrected chi connectivity index (χ4v) is 3.49. The zero-order valence-electron chi connectivity index (χ0n) is 19.6. The van der Waals surface area contributed by atoms with Gasteiger partial charge in [0.05, 0.1) is 12.2 Å². The summed E-state index contributed by atoms with van der Waals surface area (Å²) in [5.41, 5.74) is 1.28. The number of hydrogen-bond acceptors (Lipinski definition) is 6. The maximum absolute atomic E-state index is 13.3. The lowest BCUT2D eigenvalue weighted by Crippen LogP contribution is -2.50. The van der Waals surface area contributed by atoms with Gasteiger partial charge in [-0.2, -0.15) is 0 Å². The van der Waals surface area contributed by atoms with Crippen LogP contribution in [-0.2, 0) is 17.9 Å². The van der Waals surface area contributed by atoms with Crippen molar-refractivity contribution in [3.63, 3.8) is 0 Å². The molecule has 0 amide bonds. The van der Waals surface area contributed by atoms with Gasteiger partial charge in [0.15, 0.2) is 0 Å². The van der Waals surface area contributed by atoms with Crippen molar-refractivity contribution in [3.05, 3.63) is 111 Å². The molecule has 0 spiro atoms. The molecule has 2 aromatic carbocycles. The first kappa shape index (κ1) is 24.4. The van der Waals surface area contributed by atoms with Crippen LogP contribution in [0.5, 0.6) is 11.6 Å². The van der Waals surface area contributed by atoms with E-state index in [0.29, 0.717) is 17.3 Å². The van der Waals surface area contributed by atoms with E-state index < -0.39 is 17.3 Å². The molecule has 0 aliphatic rings. The van der Waals surface area contributed by atoms with Gasteiger partial charge < -0.3 is 9.84 Å². The van der Waals surface area contributed by atoms with Crippen LogP contribution in [0.4, 0.5) is 5.69 Å². The van der Waals surface area contributed by atoms with Crippen LogP contribution in [0.2, 0.25) is 0 Å². The topological polar surface area (TPSA) is 132 Å². The smallest absolute Gasteiger partial charge is 0.335 e. The number of aliphatic carboxylic acids is 1. The second-order valence-electron chi connectivity index (χ2n) is 8.13. The maximum Gasteiger partial charge on any atom is 0.335 e. The van der Waals surface area contributed by atoms with Crippen molar-refractivity contribution in [2.45, 2.75) is 32.9 Å². The lowest BCUT2D eigenvalue weighted by molar-refractivity contribution is -0.137. The summed E-state index contributed by atoms with van der Waals surface area (Å²) in [6, 6.07) is 19.8. The minimum atomic E-state index is -0.992. The Bertz CT molecular complexity index is 1520. The van der Waals surface area contributed by atoms with Crippen molar-refractivity contribution in [2.75, 3.05) is 0 Å². The summed E-state index contributed by atoms with van der Waals surface area (Å²) < 4.78 is 8.06.